The number of halogens is 1. The third-order valence-corrected chi connectivity index (χ3v) is 2.72. The Balaban J connectivity index is 3.26. The lowest BCUT2D eigenvalue weighted by Gasteiger charge is -2.20. The van der Waals surface area contributed by atoms with Crippen molar-refractivity contribution in [3.05, 3.63) is 33.8 Å². The Morgan fingerprint density at radius 3 is 2.46 bits per heavy atom. The average molecular weight is 237 g/mol. The van der Waals surface area contributed by atoms with Crippen molar-refractivity contribution in [2.45, 2.75) is 26.2 Å². The topological polar surface area (TPSA) is 0 Å². The molecule has 0 nitrogen and oxygen atoms in total. The summed E-state index contributed by atoms with van der Waals surface area (Å²) in [5.41, 5.74) is 2.28. The molecular formula is C12H13Br. The van der Waals surface area contributed by atoms with Gasteiger partial charge in [0.25, 0.3) is 0 Å². The molecular weight excluding hydrogens is 224 g/mol. The highest BCUT2D eigenvalue weighted by atomic mass is 79.9. The van der Waals surface area contributed by atoms with Gasteiger partial charge < -0.3 is 0 Å². The van der Waals surface area contributed by atoms with E-state index in [4.69, 9.17) is 6.42 Å². The first-order chi connectivity index (χ1) is 5.97. The maximum absolute atomic E-state index is 5.48. The van der Waals surface area contributed by atoms with Gasteiger partial charge in [-0.1, -0.05) is 27.9 Å². The quantitative estimate of drug-likeness (QED) is 0.654. The SMILES string of the molecule is C#CC(C)(C)c1ccc(Br)cc1C. The number of rotatable bonds is 1. The molecule has 13 heavy (non-hydrogen) atoms. The summed E-state index contributed by atoms with van der Waals surface area (Å²) < 4.78 is 1.10. The van der Waals surface area contributed by atoms with Crippen LogP contribution in [0.4, 0.5) is 0 Å². The molecule has 0 amide bonds. The lowest BCUT2D eigenvalue weighted by molar-refractivity contribution is 0.693. The molecule has 0 heterocycles. The molecule has 0 radical (unpaired) electrons. The van der Waals surface area contributed by atoms with Crippen molar-refractivity contribution in [2.75, 3.05) is 0 Å². The summed E-state index contributed by atoms with van der Waals surface area (Å²) in [7, 11) is 0. The van der Waals surface area contributed by atoms with E-state index in [0.717, 1.165) is 4.47 Å². The van der Waals surface area contributed by atoms with Crippen LogP contribution in [0.15, 0.2) is 22.7 Å². The summed E-state index contributed by atoms with van der Waals surface area (Å²) in [6, 6.07) is 6.20. The molecule has 1 rings (SSSR count). The summed E-state index contributed by atoms with van der Waals surface area (Å²) in [5, 5.41) is 0. The number of benzene rings is 1. The standard InChI is InChI=1S/C12H13Br/c1-5-12(3,4)11-7-6-10(13)8-9(11)2/h1,6-8H,2-4H3. The zero-order valence-corrected chi connectivity index (χ0v) is 9.77. The first-order valence-corrected chi connectivity index (χ1v) is 5.01. The molecule has 0 aromatic heterocycles. The van der Waals surface area contributed by atoms with Gasteiger partial charge in [0, 0.05) is 4.47 Å². The van der Waals surface area contributed by atoms with Gasteiger partial charge in [0.1, 0.15) is 0 Å². The van der Waals surface area contributed by atoms with Crippen molar-refractivity contribution in [2.24, 2.45) is 0 Å². The van der Waals surface area contributed by atoms with Crippen molar-refractivity contribution in [3.63, 3.8) is 0 Å². The maximum atomic E-state index is 5.48. The molecule has 0 unspecified atom stereocenters. The minimum absolute atomic E-state index is 0.176. The molecule has 0 aliphatic carbocycles. The van der Waals surface area contributed by atoms with E-state index in [-0.39, 0.29) is 5.41 Å². The van der Waals surface area contributed by atoms with E-state index in [9.17, 15) is 0 Å². The average Bonchev–Trinajstić information content (AvgIpc) is 2.03. The third-order valence-electron chi connectivity index (χ3n) is 2.22. The number of aryl methyl sites for hydroxylation is 1. The number of hydrogen-bond acceptors (Lipinski definition) is 0. The second kappa shape index (κ2) is 3.55. The Hall–Kier alpha value is -0.740. The van der Waals surface area contributed by atoms with E-state index in [1.54, 1.807) is 0 Å². The van der Waals surface area contributed by atoms with Crippen LogP contribution in [0, 0.1) is 19.3 Å². The van der Waals surface area contributed by atoms with Crippen LogP contribution in [0.2, 0.25) is 0 Å². The van der Waals surface area contributed by atoms with Crippen LogP contribution in [-0.4, -0.2) is 0 Å². The second-order valence-corrected chi connectivity index (χ2v) is 4.64. The molecule has 0 aliphatic heterocycles. The normalized spacial score (nSPS) is 11.0. The molecule has 0 atom stereocenters. The molecule has 1 aromatic rings. The molecule has 0 aliphatic rings. The Bertz CT molecular complexity index is 356. The van der Waals surface area contributed by atoms with Crippen molar-refractivity contribution in [3.8, 4) is 12.3 Å². The highest BCUT2D eigenvalue weighted by Crippen LogP contribution is 2.27. The molecule has 68 valence electrons. The molecule has 0 fully saturated rings. The maximum Gasteiger partial charge on any atom is 0.0506 e. The minimum atomic E-state index is -0.176. The van der Waals surface area contributed by atoms with Crippen molar-refractivity contribution >= 4 is 15.9 Å². The Morgan fingerprint density at radius 1 is 1.38 bits per heavy atom. The fourth-order valence-electron chi connectivity index (χ4n) is 1.41. The molecule has 0 bridgehead atoms. The van der Waals surface area contributed by atoms with Gasteiger partial charge in [-0.3, -0.25) is 0 Å². The second-order valence-electron chi connectivity index (χ2n) is 3.73. The largest absolute Gasteiger partial charge is 0.119 e. The van der Waals surface area contributed by atoms with Crippen molar-refractivity contribution in [1.82, 2.24) is 0 Å². The lowest BCUT2D eigenvalue weighted by atomic mass is 9.83. The summed E-state index contributed by atoms with van der Waals surface area (Å²) in [5.74, 6) is 2.80. The Kier molecular flexibility index (Phi) is 2.83. The zero-order valence-electron chi connectivity index (χ0n) is 8.19. The Morgan fingerprint density at radius 2 is 2.00 bits per heavy atom. The smallest absolute Gasteiger partial charge is 0.0506 e. The van der Waals surface area contributed by atoms with Gasteiger partial charge in [-0.05, 0) is 44.0 Å². The van der Waals surface area contributed by atoms with Gasteiger partial charge in [-0.15, -0.1) is 6.42 Å². The summed E-state index contributed by atoms with van der Waals surface area (Å²) >= 11 is 3.43. The molecule has 0 N–H and O–H groups in total. The predicted octanol–water partition coefficient (Wildman–Crippen LogP) is 3.67. The van der Waals surface area contributed by atoms with E-state index < -0.39 is 0 Å². The lowest BCUT2D eigenvalue weighted by Crippen LogP contribution is -2.15. The first kappa shape index (κ1) is 10.3. The third kappa shape index (κ3) is 2.14. The monoisotopic (exact) mass is 236 g/mol. The van der Waals surface area contributed by atoms with E-state index in [1.807, 2.05) is 6.07 Å². The highest BCUT2D eigenvalue weighted by Gasteiger charge is 2.18. The fourth-order valence-corrected chi connectivity index (χ4v) is 1.88. The molecule has 0 saturated carbocycles. The highest BCUT2D eigenvalue weighted by molar-refractivity contribution is 9.10. The molecule has 1 heteroatoms. The summed E-state index contributed by atoms with van der Waals surface area (Å²) in [6.45, 7) is 6.20. The van der Waals surface area contributed by atoms with E-state index in [0.29, 0.717) is 0 Å². The predicted molar refractivity (Wildman–Crippen MR) is 60.7 cm³/mol. The number of hydrogen-bond donors (Lipinski definition) is 0. The van der Waals surface area contributed by atoms with Gasteiger partial charge in [-0.2, -0.15) is 0 Å². The van der Waals surface area contributed by atoms with Gasteiger partial charge in [0.2, 0.25) is 0 Å². The summed E-state index contributed by atoms with van der Waals surface area (Å²) in [6.07, 6.45) is 5.48. The van der Waals surface area contributed by atoms with Crippen LogP contribution >= 0.6 is 15.9 Å². The fraction of sp³-hybridized carbons (Fsp3) is 0.333. The van der Waals surface area contributed by atoms with Gasteiger partial charge in [0.05, 0.1) is 5.41 Å². The Labute approximate surface area is 88.5 Å². The van der Waals surface area contributed by atoms with Crippen molar-refractivity contribution in [1.29, 1.82) is 0 Å². The molecule has 0 saturated heterocycles. The van der Waals surface area contributed by atoms with Crippen LogP contribution in [0.1, 0.15) is 25.0 Å². The van der Waals surface area contributed by atoms with Crippen LogP contribution in [0.3, 0.4) is 0 Å². The minimum Gasteiger partial charge on any atom is -0.119 e. The number of terminal acetylenes is 1. The van der Waals surface area contributed by atoms with Gasteiger partial charge in [-0.25, -0.2) is 0 Å². The van der Waals surface area contributed by atoms with Crippen LogP contribution in [0.25, 0.3) is 0 Å². The zero-order chi connectivity index (χ0) is 10.1. The summed E-state index contributed by atoms with van der Waals surface area (Å²) in [4.78, 5) is 0. The van der Waals surface area contributed by atoms with Crippen LogP contribution < -0.4 is 0 Å². The van der Waals surface area contributed by atoms with Crippen LogP contribution in [0.5, 0.6) is 0 Å². The van der Waals surface area contributed by atoms with Gasteiger partial charge >= 0.3 is 0 Å². The van der Waals surface area contributed by atoms with Gasteiger partial charge in [0.15, 0.2) is 0 Å². The molecule has 0 spiro atoms. The first-order valence-electron chi connectivity index (χ1n) is 4.22. The van der Waals surface area contributed by atoms with E-state index in [2.05, 4.69) is 54.8 Å². The van der Waals surface area contributed by atoms with E-state index in [1.165, 1.54) is 11.1 Å². The van der Waals surface area contributed by atoms with E-state index >= 15 is 0 Å². The van der Waals surface area contributed by atoms with Crippen molar-refractivity contribution < 1.29 is 0 Å². The molecule has 1 aromatic carbocycles. The van der Waals surface area contributed by atoms with Crippen LogP contribution in [-0.2, 0) is 5.41 Å².